The van der Waals surface area contributed by atoms with E-state index in [0.29, 0.717) is 17.7 Å². The number of aryl methyl sites for hydroxylation is 1. The number of carbonyl (C=O) groups is 2. The van der Waals surface area contributed by atoms with Crippen LogP contribution in [-0.4, -0.2) is 21.6 Å². The normalized spacial score (nSPS) is 19.5. The third-order valence-corrected chi connectivity index (χ3v) is 4.36. The van der Waals surface area contributed by atoms with Crippen molar-refractivity contribution in [1.29, 1.82) is 0 Å². The summed E-state index contributed by atoms with van der Waals surface area (Å²) >= 11 is 0. The largest absolute Gasteiger partial charge is 0.341 e. The number of nitrogens with zero attached hydrogens (tertiary/aromatic N) is 2. The Hall–Kier alpha value is -2.70. The van der Waals surface area contributed by atoms with Crippen LogP contribution in [0.15, 0.2) is 30.6 Å². The van der Waals surface area contributed by atoms with Crippen LogP contribution in [0.3, 0.4) is 0 Å². The van der Waals surface area contributed by atoms with Gasteiger partial charge in [-0.1, -0.05) is 19.1 Å². The summed E-state index contributed by atoms with van der Waals surface area (Å²) in [6, 6.07) is 4.47. The lowest BCUT2D eigenvalue weighted by Crippen LogP contribution is -2.41. The fourth-order valence-electron chi connectivity index (χ4n) is 3.08. The van der Waals surface area contributed by atoms with E-state index in [1.807, 2.05) is 6.92 Å². The molecule has 0 saturated carbocycles. The number of anilines is 1. The van der Waals surface area contributed by atoms with Crippen LogP contribution >= 0.6 is 0 Å². The number of carbonyl (C=O) groups excluding carboxylic acids is 2. The standard InChI is InChI=1S/C17H19FN4O2/c1-10-6-7-12-13(4-3-5-14(12)18)15(10)21-17(24)16(23)20-11-8-19-22(2)9-11/h3-5,8-10,15H,6-7H2,1-2H3,(H,20,23)(H,21,24). The van der Waals surface area contributed by atoms with E-state index in [2.05, 4.69) is 15.7 Å². The molecule has 2 atom stereocenters. The Balaban J connectivity index is 1.74. The molecule has 1 heterocycles. The minimum absolute atomic E-state index is 0.120. The maximum Gasteiger partial charge on any atom is 0.313 e. The molecular formula is C17H19FN4O2. The first-order valence-electron chi connectivity index (χ1n) is 7.83. The van der Waals surface area contributed by atoms with Gasteiger partial charge in [-0.15, -0.1) is 0 Å². The first kappa shape index (κ1) is 16.2. The SMILES string of the molecule is CC1CCc2c(F)cccc2C1NC(=O)C(=O)Nc1cnn(C)c1. The average molecular weight is 330 g/mol. The minimum Gasteiger partial charge on any atom is -0.341 e. The third kappa shape index (κ3) is 3.15. The highest BCUT2D eigenvalue weighted by atomic mass is 19.1. The van der Waals surface area contributed by atoms with E-state index >= 15 is 0 Å². The number of amides is 2. The van der Waals surface area contributed by atoms with E-state index in [1.54, 1.807) is 25.4 Å². The van der Waals surface area contributed by atoms with Crippen molar-refractivity contribution in [2.75, 3.05) is 5.32 Å². The summed E-state index contributed by atoms with van der Waals surface area (Å²) in [6.45, 7) is 1.98. The summed E-state index contributed by atoms with van der Waals surface area (Å²) in [5.41, 5.74) is 1.81. The summed E-state index contributed by atoms with van der Waals surface area (Å²) in [4.78, 5) is 24.3. The van der Waals surface area contributed by atoms with Gasteiger partial charge < -0.3 is 10.6 Å². The van der Waals surface area contributed by atoms with Gasteiger partial charge in [0.2, 0.25) is 0 Å². The third-order valence-electron chi connectivity index (χ3n) is 4.36. The van der Waals surface area contributed by atoms with Gasteiger partial charge in [-0.05, 0) is 36.0 Å². The number of aromatic nitrogens is 2. The molecule has 1 aliphatic carbocycles. The maximum absolute atomic E-state index is 14.0. The molecule has 2 amide bonds. The van der Waals surface area contributed by atoms with Crippen molar-refractivity contribution in [3.8, 4) is 0 Å². The summed E-state index contributed by atoms with van der Waals surface area (Å²) in [5, 5.41) is 9.15. The fraction of sp³-hybridized carbons (Fsp3) is 0.353. The van der Waals surface area contributed by atoms with E-state index in [9.17, 15) is 14.0 Å². The predicted octanol–water partition coefficient (Wildman–Crippen LogP) is 1.94. The first-order valence-corrected chi connectivity index (χ1v) is 7.83. The van der Waals surface area contributed by atoms with Crippen molar-refractivity contribution >= 4 is 17.5 Å². The highest BCUT2D eigenvalue weighted by Gasteiger charge is 2.31. The lowest BCUT2D eigenvalue weighted by Gasteiger charge is -2.32. The molecule has 0 bridgehead atoms. The molecule has 0 saturated heterocycles. The minimum atomic E-state index is -0.765. The number of nitrogens with one attached hydrogen (secondary N) is 2. The zero-order chi connectivity index (χ0) is 17.3. The summed E-state index contributed by atoms with van der Waals surface area (Å²) in [7, 11) is 1.71. The van der Waals surface area contributed by atoms with Crippen molar-refractivity contribution in [3.63, 3.8) is 0 Å². The maximum atomic E-state index is 14.0. The van der Waals surface area contributed by atoms with E-state index in [4.69, 9.17) is 0 Å². The van der Waals surface area contributed by atoms with Crippen molar-refractivity contribution in [3.05, 3.63) is 47.5 Å². The number of rotatable bonds is 2. The topological polar surface area (TPSA) is 76.0 Å². The monoisotopic (exact) mass is 330 g/mol. The fourth-order valence-corrected chi connectivity index (χ4v) is 3.08. The van der Waals surface area contributed by atoms with Crippen molar-refractivity contribution < 1.29 is 14.0 Å². The molecule has 24 heavy (non-hydrogen) atoms. The Kier molecular flexibility index (Phi) is 4.33. The molecule has 1 aromatic heterocycles. The van der Waals surface area contributed by atoms with Crippen LogP contribution in [0.2, 0.25) is 0 Å². The summed E-state index contributed by atoms with van der Waals surface area (Å²) < 4.78 is 15.5. The van der Waals surface area contributed by atoms with Crippen LogP contribution in [0.1, 0.15) is 30.5 Å². The van der Waals surface area contributed by atoms with Crippen LogP contribution < -0.4 is 10.6 Å². The number of hydrogen-bond acceptors (Lipinski definition) is 3. The van der Waals surface area contributed by atoms with Crippen molar-refractivity contribution in [2.24, 2.45) is 13.0 Å². The lowest BCUT2D eigenvalue weighted by molar-refractivity contribution is -0.136. The lowest BCUT2D eigenvalue weighted by atomic mass is 9.80. The smallest absolute Gasteiger partial charge is 0.313 e. The Morgan fingerprint density at radius 1 is 1.33 bits per heavy atom. The van der Waals surface area contributed by atoms with Gasteiger partial charge in [0.15, 0.2) is 0 Å². The molecule has 2 aromatic rings. The molecule has 6 nitrogen and oxygen atoms in total. The summed E-state index contributed by atoms with van der Waals surface area (Å²) in [6.07, 6.45) is 4.44. The van der Waals surface area contributed by atoms with Gasteiger partial charge in [-0.25, -0.2) is 4.39 Å². The Labute approximate surface area is 139 Å². The van der Waals surface area contributed by atoms with Gasteiger partial charge in [0.05, 0.1) is 17.9 Å². The molecular weight excluding hydrogens is 311 g/mol. The quantitative estimate of drug-likeness (QED) is 0.826. The van der Waals surface area contributed by atoms with Gasteiger partial charge in [-0.3, -0.25) is 14.3 Å². The predicted molar refractivity (Wildman–Crippen MR) is 86.6 cm³/mol. The zero-order valence-electron chi connectivity index (χ0n) is 13.5. The van der Waals surface area contributed by atoms with Gasteiger partial charge >= 0.3 is 11.8 Å². The Morgan fingerprint density at radius 2 is 2.12 bits per heavy atom. The molecule has 3 rings (SSSR count). The molecule has 0 fully saturated rings. The van der Waals surface area contributed by atoms with Gasteiger partial charge in [0, 0.05) is 13.2 Å². The highest BCUT2D eigenvalue weighted by molar-refractivity contribution is 6.39. The van der Waals surface area contributed by atoms with Gasteiger partial charge in [0.1, 0.15) is 5.82 Å². The van der Waals surface area contributed by atoms with Crippen LogP contribution in [-0.2, 0) is 23.1 Å². The van der Waals surface area contributed by atoms with Gasteiger partial charge in [0.25, 0.3) is 0 Å². The molecule has 0 aliphatic heterocycles. The molecule has 0 radical (unpaired) electrons. The Morgan fingerprint density at radius 3 is 2.83 bits per heavy atom. The van der Waals surface area contributed by atoms with Crippen molar-refractivity contribution in [2.45, 2.75) is 25.8 Å². The zero-order valence-corrected chi connectivity index (χ0v) is 13.5. The molecule has 1 aliphatic rings. The molecule has 2 N–H and O–H groups in total. The number of benzene rings is 1. The van der Waals surface area contributed by atoms with Crippen molar-refractivity contribution in [1.82, 2.24) is 15.1 Å². The number of fused-ring (bicyclic) bond motifs is 1. The molecule has 0 spiro atoms. The van der Waals surface area contributed by atoms with E-state index in [0.717, 1.165) is 12.0 Å². The second-order valence-electron chi connectivity index (χ2n) is 6.13. The van der Waals surface area contributed by atoms with Crippen LogP contribution in [0.4, 0.5) is 10.1 Å². The van der Waals surface area contributed by atoms with E-state index in [1.165, 1.54) is 16.9 Å². The Bertz CT molecular complexity index is 787. The second-order valence-corrected chi connectivity index (χ2v) is 6.13. The van der Waals surface area contributed by atoms with Crippen LogP contribution in [0.25, 0.3) is 0 Å². The first-order chi connectivity index (χ1) is 11.5. The van der Waals surface area contributed by atoms with Crippen LogP contribution in [0, 0.1) is 11.7 Å². The number of hydrogen-bond donors (Lipinski definition) is 2. The average Bonchev–Trinajstić information content (AvgIpc) is 2.95. The number of halogens is 1. The summed E-state index contributed by atoms with van der Waals surface area (Å²) in [5.74, 6) is -1.65. The second kappa shape index (κ2) is 6.43. The van der Waals surface area contributed by atoms with Gasteiger partial charge in [-0.2, -0.15) is 5.10 Å². The van der Waals surface area contributed by atoms with E-state index < -0.39 is 11.8 Å². The molecule has 7 heteroatoms. The molecule has 2 unspecified atom stereocenters. The molecule has 126 valence electrons. The van der Waals surface area contributed by atoms with Crippen LogP contribution in [0.5, 0.6) is 0 Å². The molecule has 1 aromatic carbocycles. The van der Waals surface area contributed by atoms with E-state index in [-0.39, 0.29) is 17.8 Å². The highest BCUT2D eigenvalue weighted by Crippen LogP contribution is 2.35.